The van der Waals surface area contributed by atoms with Crippen LogP contribution in [0.1, 0.15) is 45.3 Å². The minimum atomic E-state index is -0.426. The summed E-state index contributed by atoms with van der Waals surface area (Å²) in [7, 11) is 0. The number of esters is 1. The molecule has 0 saturated heterocycles. The molecule has 24 heavy (non-hydrogen) atoms. The van der Waals surface area contributed by atoms with Gasteiger partial charge in [0.05, 0.1) is 11.2 Å². The second kappa shape index (κ2) is 6.36. The van der Waals surface area contributed by atoms with Crippen LogP contribution < -0.4 is 0 Å². The van der Waals surface area contributed by atoms with Crippen molar-refractivity contribution >= 4 is 23.2 Å². The number of carbonyl (C=O) groups excluding carboxylic acids is 2. The molecule has 0 bridgehead atoms. The van der Waals surface area contributed by atoms with Gasteiger partial charge in [-0.1, -0.05) is 24.3 Å². The summed E-state index contributed by atoms with van der Waals surface area (Å²) >= 11 is 1.29. The van der Waals surface area contributed by atoms with Gasteiger partial charge in [-0.2, -0.15) is 0 Å². The highest BCUT2D eigenvalue weighted by atomic mass is 32.1. The maximum Gasteiger partial charge on any atom is 0.350 e. The van der Waals surface area contributed by atoms with E-state index in [0.29, 0.717) is 23.9 Å². The third kappa shape index (κ3) is 3.06. The van der Waals surface area contributed by atoms with Crippen molar-refractivity contribution in [2.24, 2.45) is 0 Å². The summed E-state index contributed by atoms with van der Waals surface area (Å²) in [4.78, 5) is 31.1. The number of hydrogen-bond acceptors (Lipinski definition) is 5. The Labute approximate surface area is 144 Å². The topological polar surface area (TPSA) is 59.5 Å². The van der Waals surface area contributed by atoms with E-state index in [1.807, 2.05) is 18.2 Å². The molecule has 1 amide bonds. The van der Waals surface area contributed by atoms with E-state index >= 15 is 0 Å². The third-order valence-corrected chi connectivity index (χ3v) is 5.38. The molecule has 1 aromatic heterocycles. The van der Waals surface area contributed by atoms with Crippen molar-refractivity contribution in [2.45, 2.75) is 31.7 Å². The number of rotatable bonds is 4. The van der Waals surface area contributed by atoms with Crippen molar-refractivity contribution in [3.63, 3.8) is 0 Å². The van der Waals surface area contributed by atoms with Crippen LogP contribution in [0.5, 0.6) is 0 Å². The first-order valence-corrected chi connectivity index (χ1v) is 9.05. The second-order valence-electron chi connectivity index (χ2n) is 6.25. The zero-order valence-corrected chi connectivity index (χ0v) is 14.1. The van der Waals surface area contributed by atoms with Crippen molar-refractivity contribution in [3.8, 4) is 0 Å². The molecule has 1 saturated carbocycles. The first kappa shape index (κ1) is 15.3. The maximum atomic E-state index is 12.3. The molecule has 4 rings (SSSR count). The smallest absolute Gasteiger partial charge is 0.350 e. The number of amides is 1. The zero-order chi connectivity index (χ0) is 16.5. The minimum absolute atomic E-state index is 0.143. The van der Waals surface area contributed by atoms with E-state index in [1.165, 1.54) is 22.5 Å². The number of fused-ring (bicyclic) bond motifs is 1. The Morgan fingerprint density at radius 1 is 1.25 bits per heavy atom. The van der Waals surface area contributed by atoms with Crippen LogP contribution in [-0.2, 0) is 22.5 Å². The highest BCUT2D eigenvalue weighted by Crippen LogP contribution is 2.41. The molecule has 0 atom stereocenters. The number of thiazole rings is 1. The fourth-order valence-electron chi connectivity index (χ4n) is 3.05. The van der Waals surface area contributed by atoms with Gasteiger partial charge in [-0.05, 0) is 30.4 Å². The molecule has 124 valence electrons. The number of nitrogens with zero attached hydrogens (tertiary/aromatic N) is 2. The highest BCUT2D eigenvalue weighted by Gasteiger charge is 2.31. The van der Waals surface area contributed by atoms with E-state index in [1.54, 1.807) is 10.4 Å². The lowest BCUT2D eigenvalue weighted by Gasteiger charge is -2.28. The van der Waals surface area contributed by atoms with E-state index in [2.05, 4.69) is 11.1 Å². The molecule has 1 aliphatic carbocycles. The molecular formula is C18H18N2O3S. The third-order valence-electron chi connectivity index (χ3n) is 4.55. The average molecular weight is 342 g/mol. The standard InChI is InChI=1S/C18H18N2O3S/c21-15(20-8-7-12-3-1-2-4-14(12)9-20)10-23-18(22)17-16(13-5-6-13)19-11-24-17/h1-4,11,13H,5-10H2. The van der Waals surface area contributed by atoms with Crippen LogP contribution >= 0.6 is 11.3 Å². The average Bonchev–Trinajstić information content (AvgIpc) is 3.35. The molecule has 1 aliphatic heterocycles. The Balaban J connectivity index is 1.35. The van der Waals surface area contributed by atoms with Crippen LogP contribution in [0.15, 0.2) is 29.8 Å². The molecule has 0 spiro atoms. The first-order chi connectivity index (χ1) is 11.7. The lowest BCUT2D eigenvalue weighted by molar-refractivity contribution is -0.135. The maximum absolute atomic E-state index is 12.3. The van der Waals surface area contributed by atoms with Crippen molar-refractivity contribution < 1.29 is 14.3 Å². The van der Waals surface area contributed by atoms with Crippen LogP contribution in [0.2, 0.25) is 0 Å². The summed E-state index contributed by atoms with van der Waals surface area (Å²) in [5.41, 5.74) is 4.97. The molecule has 6 heteroatoms. The van der Waals surface area contributed by atoms with E-state index in [-0.39, 0.29) is 12.5 Å². The largest absolute Gasteiger partial charge is 0.451 e. The molecular weight excluding hydrogens is 324 g/mol. The van der Waals surface area contributed by atoms with Crippen LogP contribution in [0.25, 0.3) is 0 Å². The normalized spacial score (nSPS) is 16.6. The lowest BCUT2D eigenvalue weighted by atomic mass is 10.00. The van der Waals surface area contributed by atoms with Crippen LogP contribution in [0.3, 0.4) is 0 Å². The Bertz CT molecular complexity index is 782. The number of benzene rings is 1. The van der Waals surface area contributed by atoms with E-state index in [9.17, 15) is 9.59 Å². The van der Waals surface area contributed by atoms with Gasteiger partial charge in [-0.3, -0.25) is 4.79 Å². The van der Waals surface area contributed by atoms with Gasteiger partial charge in [-0.25, -0.2) is 9.78 Å². The molecule has 0 unspecified atom stereocenters. The van der Waals surface area contributed by atoms with E-state index in [0.717, 1.165) is 25.0 Å². The quantitative estimate of drug-likeness (QED) is 0.802. The number of carbonyl (C=O) groups is 2. The van der Waals surface area contributed by atoms with Gasteiger partial charge in [0, 0.05) is 19.0 Å². The predicted octanol–water partition coefficient (Wildman–Crippen LogP) is 2.76. The van der Waals surface area contributed by atoms with E-state index < -0.39 is 5.97 Å². The Morgan fingerprint density at radius 2 is 2.04 bits per heavy atom. The zero-order valence-electron chi connectivity index (χ0n) is 13.2. The van der Waals surface area contributed by atoms with Crippen LogP contribution in [0, 0.1) is 0 Å². The summed E-state index contributed by atoms with van der Waals surface area (Å²) in [6, 6.07) is 8.14. The van der Waals surface area contributed by atoms with Gasteiger partial charge in [0.15, 0.2) is 6.61 Å². The molecule has 2 heterocycles. The monoisotopic (exact) mass is 342 g/mol. The molecule has 1 fully saturated rings. The van der Waals surface area contributed by atoms with Gasteiger partial charge in [0.2, 0.25) is 0 Å². The molecule has 0 radical (unpaired) electrons. The Kier molecular flexibility index (Phi) is 4.06. The summed E-state index contributed by atoms with van der Waals surface area (Å²) in [6.07, 6.45) is 3.00. The second-order valence-corrected chi connectivity index (χ2v) is 7.11. The fraction of sp³-hybridized carbons (Fsp3) is 0.389. The number of aromatic nitrogens is 1. The minimum Gasteiger partial charge on any atom is -0.451 e. The van der Waals surface area contributed by atoms with Gasteiger partial charge in [0.25, 0.3) is 5.91 Å². The van der Waals surface area contributed by atoms with Gasteiger partial charge in [-0.15, -0.1) is 11.3 Å². The van der Waals surface area contributed by atoms with Crippen LogP contribution in [-0.4, -0.2) is 34.9 Å². The van der Waals surface area contributed by atoms with E-state index in [4.69, 9.17) is 4.74 Å². The van der Waals surface area contributed by atoms with Gasteiger partial charge in [0.1, 0.15) is 4.88 Å². The summed E-state index contributed by atoms with van der Waals surface area (Å²) < 4.78 is 5.25. The van der Waals surface area contributed by atoms with Crippen molar-refractivity contribution in [3.05, 3.63) is 51.5 Å². The number of hydrogen-bond donors (Lipinski definition) is 0. The molecule has 5 nitrogen and oxygen atoms in total. The molecule has 2 aromatic rings. The van der Waals surface area contributed by atoms with Gasteiger partial charge < -0.3 is 9.64 Å². The fourth-order valence-corrected chi connectivity index (χ4v) is 3.81. The lowest BCUT2D eigenvalue weighted by Crippen LogP contribution is -2.38. The molecule has 0 N–H and O–H groups in total. The summed E-state index contributed by atoms with van der Waals surface area (Å²) in [6.45, 7) is 1.05. The van der Waals surface area contributed by atoms with Crippen molar-refractivity contribution in [1.82, 2.24) is 9.88 Å². The number of ether oxygens (including phenoxy) is 1. The molecule has 1 aromatic carbocycles. The van der Waals surface area contributed by atoms with Crippen molar-refractivity contribution in [1.29, 1.82) is 0 Å². The Hall–Kier alpha value is -2.21. The van der Waals surface area contributed by atoms with Crippen LogP contribution in [0.4, 0.5) is 0 Å². The molecule has 2 aliphatic rings. The highest BCUT2D eigenvalue weighted by molar-refractivity contribution is 7.11. The predicted molar refractivity (Wildman–Crippen MR) is 89.9 cm³/mol. The van der Waals surface area contributed by atoms with Crippen molar-refractivity contribution in [2.75, 3.05) is 13.2 Å². The first-order valence-electron chi connectivity index (χ1n) is 8.17. The van der Waals surface area contributed by atoms with Gasteiger partial charge >= 0.3 is 5.97 Å². The Morgan fingerprint density at radius 3 is 2.83 bits per heavy atom. The summed E-state index contributed by atoms with van der Waals surface area (Å²) in [5.74, 6) is -0.173. The summed E-state index contributed by atoms with van der Waals surface area (Å²) in [5, 5.41) is 0. The SMILES string of the molecule is O=C(OCC(=O)N1CCc2ccccc2C1)c1scnc1C1CC1.